The first-order valence-electron chi connectivity index (χ1n) is 9.49. The number of amides is 2. The van der Waals surface area contributed by atoms with Gasteiger partial charge in [-0.05, 0) is 30.7 Å². The topological polar surface area (TPSA) is 68.1 Å². The number of carbonyl (C=O) groups excluding carboxylic acids is 2. The molecule has 8 heteroatoms. The van der Waals surface area contributed by atoms with Crippen LogP contribution in [0.3, 0.4) is 0 Å². The Hall–Kier alpha value is -3.26. The van der Waals surface area contributed by atoms with Crippen LogP contribution < -0.4 is 0 Å². The molecule has 2 heterocycles. The van der Waals surface area contributed by atoms with E-state index in [4.69, 9.17) is 0 Å². The lowest BCUT2D eigenvalue weighted by Crippen LogP contribution is -2.31. The molecule has 0 aliphatic carbocycles. The van der Waals surface area contributed by atoms with Crippen LogP contribution in [0.4, 0.5) is 4.39 Å². The molecule has 0 N–H and O–H groups in total. The highest BCUT2D eigenvalue weighted by Gasteiger charge is 2.34. The minimum atomic E-state index is -0.364. The largest absolute Gasteiger partial charge is 0.298 e. The lowest BCUT2D eigenvalue weighted by molar-refractivity contribution is 0.0655. The van der Waals surface area contributed by atoms with Crippen molar-refractivity contribution in [1.29, 1.82) is 0 Å². The summed E-state index contributed by atoms with van der Waals surface area (Å²) in [4.78, 5) is 26.1. The first kappa shape index (κ1) is 20.0. The van der Waals surface area contributed by atoms with Crippen LogP contribution >= 0.6 is 11.8 Å². The molecular formula is C22H19FN4O2S. The summed E-state index contributed by atoms with van der Waals surface area (Å²) in [7, 11) is 0. The van der Waals surface area contributed by atoms with Crippen molar-refractivity contribution >= 4 is 23.6 Å². The van der Waals surface area contributed by atoms with Gasteiger partial charge in [0.15, 0.2) is 11.0 Å². The molecule has 2 amide bonds. The third kappa shape index (κ3) is 3.66. The van der Waals surface area contributed by atoms with Gasteiger partial charge in [-0.1, -0.05) is 42.1 Å². The van der Waals surface area contributed by atoms with E-state index >= 15 is 0 Å². The van der Waals surface area contributed by atoms with Gasteiger partial charge < -0.3 is 0 Å². The Morgan fingerprint density at radius 3 is 2.23 bits per heavy atom. The van der Waals surface area contributed by atoms with Gasteiger partial charge in [0.1, 0.15) is 5.82 Å². The normalized spacial score (nSPS) is 13.0. The molecule has 2 aromatic carbocycles. The number of rotatable bonds is 8. The molecule has 0 radical (unpaired) electrons. The summed E-state index contributed by atoms with van der Waals surface area (Å²) in [5.41, 5.74) is 1.29. The second kappa shape index (κ2) is 8.62. The van der Waals surface area contributed by atoms with E-state index in [0.29, 0.717) is 52.9 Å². The van der Waals surface area contributed by atoms with Gasteiger partial charge in [-0.25, -0.2) is 4.39 Å². The van der Waals surface area contributed by atoms with E-state index in [0.717, 1.165) is 0 Å². The molecule has 0 fully saturated rings. The molecule has 1 aliphatic heterocycles. The van der Waals surface area contributed by atoms with E-state index in [1.807, 2.05) is 0 Å². The van der Waals surface area contributed by atoms with Crippen LogP contribution in [0.2, 0.25) is 0 Å². The predicted octanol–water partition coefficient (Wildman–Crippen LogP) is 4.05. The molecule has 0 spiro atoms. The van der Waals surface area contributed by atoms with Gasteiger partial charge in [0.25, 0.3) is 11.8 Å². The number of fused-ring (bicyclic) bond motifs is 1. The molecule has 30 heavy (non-hydrogen) atoms. The monoisotopic (exact) mass is 422 g/mol. The maximum Gasteiger partial charge on any atom is 0.261 e. The van der Waals surface area contributed by atoms with Crippen molar-refractivity contribution in [3.05, 3.63) is 78.1 Å². The Morgan fingerprint density at radius 2 is 1.60 bits per heavy atom. The van der Waals surface area contributed by atoms with Gasteiger partial charge in [-0.15, -0.1) is 16.8 Å². The fourth-order valence-electron chi connectivity index (χ4n) is 3.36. The molecule has 0 saturated carbocycles. The predicted molar refractivity (Wildman–Crippen MR) is 113 cm³/mol. The average Bonchev–Trinajstić information content (AvgIpc) is 3.26. The van der Waals surface area contributed by atoms with Gasteiger partial charge >= 0.3 is 0 Å². The Balaban J connectivity index is 1.42. The van der Waals surface area contributed by atoms with E-state index < -0.39 is 0 Å². The van der Waals surface area contributed by atoms with Gasteiger partial charge in [-0.2, -0.15) is 0 Å². The number of nitrogens with zero attached hydrogens (tertiary/aromatic N) is 4. The number of benzene rings is 2. The summed E-state index contributed by atoms with van der Waals surface area (Å²) < 4.78 is 16.0. The van der Waals surface area contributed by atoms with Crippen molar-refractivity contribution in [1.82, 2.24) is 19.7 Å². The lowest BCUT2D eigenvalue weighted by Gasteiger charge is -2.13. The summed E-state index contributed by atoms with van der Waals surface area (Å²) in [5, 5.41) is 8.99. The van der Waals surface area contributed by atoms with Crippen molar-refractivity contribution in [2.24, 2.45) is 0 Å². The van der Waals surface area contributed by atoms with Crippen molar-refractivity contribution in [2.45, 2.75) is 18.1 Å². The highest BCUT2D eigenvalue weighted by Crippen LogP contribution is 2.27. The number of hydrogen-bond donors (Lipinski definition) is 0. The van der Waals surface area contributed by atoms with Crippen molar-refractivity contribution in [2.75, 3.05) is 12.3 Å². The number of allylic oxidation sites excluding steroid dienone is 1. The van der Waals surface area contributed by atoms with Crippen molar-refractivity contribution in [3.8, 4) is 11.4 Å². The first-order chi connectivity index (χ1) is 14.6. The van der Waals surface area contributed by atoms with Crippen LogP contribution in [-0.2, 0) is 6.54 Å². The van der Waals surface area contributed by atoms with Crippen molar-refractivity contribution < 1.29 is 14.0 Å². The van der Waals surface area contributed by atoms with E-state index in [1.165, 1.54) is 22.7 Å². The fourth-order valence-corrected chi connectivity index (χ4v) is 4.23. The van der Waals surface area contributed by atoms with Crippen LogP contribution in [0.15, 0.2) is 66.3 Å². The van der Waals surface area contributed by atoms with Crippen LogP contribution in [0.1, 0.15) is 27.1 Å². The van der Waals surface area contributed by atoms with Gasteiger partial charge in [0.2, 0.25) is 0 Å². The third-order valence-electron chi connectivity index (χ3n) is 4.78. The number of hydrogen-bond acceptors (Lipinski definition) is 5. The zero-order valence-electron chi connectivity index (χ0n) is 16.1. The number of imide groups is 1. The second-order valence-electron chi connectivity index (χ2n) is 6.69. The number of thioether (sulfide) groups is 1. The zero-order valence-corrected chi connectivity index (χ0v) is 16.9. The maximum atomic E-state index is 14.2. The molecule has 4 rings (SSSR count). The van der Waals surface area contributed by atoms with E-state index in [2.05, 4.69) is 16.8 Å². The molecule has 0 atom stereocenters. The summed E-state index contributed by atoms with van der Waals surface area (Å²) in [6.07, 6.45) is 2.31. The van der Waals surface area contributed by atoms with Crippen LogP contribution in [0.25, 0.3) is 11.4 Å². The summed E-state index contributed by atoms with van der Waals surface area (Å²) in [6, 6.07) is 13.3. The molecular weight excluding hydrogens is 403 g/mol. The summed E-state index contributed by atoms with van der Waals surface area (Å²) in [5.74, 6) is 0.197. The second-order valence-corrected chi connectivity index (χ2v) is 7.76. The maximum absolute atomic E-state index is 14.2. The molecule has 0 saturated heterocycles. The number of carbonyl (C=O) groups is 2. The minimum absolute atomic E-state index is 0.253. The van der Waals surface area contributed by atoms with Crippen LogP contribution in [-0.4, -0.2) is 43.8 Å². The molecule has 3 aromatic rings. The fraction of sp³-hybridized carbons (Fsp3) is 0.182. The highest BCUT2D eigenvalue weighted by atomic mass is 32.2. The third-order valence-corrected chi connectivity index (χ3v) is 5.83. The number of halogens is 1. The standard InChI is InChI=1S/C22H19FN4O2S/c1-2-12-26-19(17-10-5-6-11-18(17)23)24-25-22(26)30-14-7-13-27-20(28)15-8-3-4-9-16(15)21(27)29/h2-6,8-11H,1,7,12-14H2. The van der Waals surface area contributed by atoms with E-state index in [1.54, 1.807) is 53.1 Å². The van der Waals surface area contributed by atoms with Gasteiger partial charge in [-0.3, -0.25) is 19.1 Å². The molecule has 152 valence electrons. The van der Waals surface area contributed by atoms with Gasteiger partial charge in [0.05, 0.1) is 16.7 Å². The Kier molecular flexibility index (Phi) is 5.76. The molecule has 6 nitrogen and oxygen atoms in total. The summed E-state index contributed by atoms with van der Waals surface area (Å²) in [6.45, 7) is 4.53. The van der Waals surface area contributed by atoms with Crippen molar-refractivity contribution in [3.63, 3.8) is 0 Å². The SMILES string of the molecule is C=CCn1c(SCCCN2C(=O)c3ccccc3C2=O)nnc1-c1ccccc1F. The lowest BCUT2D eigenvalue weighted by atomic mass is 10.1. The van der Waals surface area contributed by atoms with Crippen LogP contribution in [0, 0.1) is 5.82 Å². The molecule has 1 aliphatic rings. The molecule has 0 bridgehead atoms. The Morgan fingerprint density at radius 1 is 0.967 bits per heavy atom. The summed E-state index contributed by atoms with van der Waals surface area (Å²) >= 11 is 1.45. The minimum Gasteiger partial charge on any atom is -0.298 e. The Bertz CT molecular complexity index is 1090. The molecule has 0 unspecified atom stereocenters. The number of aromatic nitrogens is 3. The van der Waals surface area contributed by atoms with E-state index in [9.17, 15) is 14.0 Å². The van der Waals surface area contributed by atoms with Crippen LogP contribution in [0.5, 0.6) is 0 Å². The smallest absolute Gasteiger partial charge is 0.261 e. The Labute approximate surface area is 177 Å². The first-order valence-corrected chi connectivity index (χ1v) is 10.5. The zero-order chi connectivity index (χ0) is 21.1. The average molecular weight is 422 g/mol. The van der Waals surface area contributed by atoms with E-state index in [-0.39, 0.29) is 17.6 Å². The molecule has 1 aromatic heterocycles. The quantitative estimate of drug-likeness (QED) is 0.237. The van der Waals surface area contributed by atoms with Gasteiger partial charge in [0, 0.05) is 18.8 Å². The highest BCUT2D eigenvalue weighted by molar-refractivity contribution is 7.99.